The van der Waals surface area contributed by atoms with E-state index in [1.165, 1.54) is 6.07 Å². The quantitative estimate of drug-likeness (QED) is 0.512. The maximum atomic E-state index is 12.7. The highest BCUT2D eigenvalue weighted by Crippen LogP contribution is 2.27. The van der Waals surface area contributed by atoms with Crippen LogP contribution in [-0.2, 0) is 6.42 Å². The van der Waals surface area contributed by atoms with Gasteiger partial charge in [-0.1, -0.05) is 60.7 Å². The third-order valence-corrected chi connectivity index (χ3v) is 4.22. The Labute approximate surface area is 156 Å². The summed E-state index contributed by atoms with van der Waals surface area (Å²) < 4.78 is 0. The smallest absolute Gasteiger partial charge is 0.310 e. The van der Waals surface area contributed by atoms with Crippen LogP contribution >= 0.6 is 0 Å². The second-order valence-corrected chi connectivity index (χ2v) is 6.09. The zero-order chi connectivity index (χ0) is 19.2. The van der Waals surface area contributed by atoms with Gasteiger partial charge in [-0.25, -0.2) is 0 Å². The van der Waals surface area contributed by atoms with Crippen molar-refractivity contribution in [3.8, 4) is 5.75 Å². The zero-order valence-corrected chi connectivity index (χ0v) is 14.4. The Balaban J connectivity index is 1.84. The number of nitrogens with one attached hydrogen (secondary N) is 1. The van der Waals surface area contributed by atoms with E-state index in [-0.39, 0.29) is 11.6 Å². The molecular weight excluding hydrogens is 344 g/mol. The van der Waals surface area contributed by atoms with Crippen LogP contribution in [0.4, 0.5) is 5.69 Å². The highest BCUT2D eigenvalue weighted by atomic mass is 16.6. The third-order valence-electron chi connectivity index (χ3n) is 4.22. The topological polar surface area (TPSA) is 92.5 Å². The number of carbonyl (C=O) groups is 1. The number of benzene rings is 3. The molecule has 6 nitrogen and oxygen atoms in total. The first-order valence-corrected chi connectivity index (χ1v) is 8.42. The highest BCUT2D eigenvalue weighted by Gasteiger charge is 2.19. The average molecular weight is 362 g/mol. The number of nitro groups is 1. The van der Waals surface area contributed by atoms with Gasteiger partial charge >= 0.3 is 5.69 Å². The Morgan fingerprint density at radius 3 is 2.22 bits per heavy atom. The summed E-state index contributed by atoms with van der Waals surface area (Å²) in [4.78, 5) is 22.8. The molecule has 3 aromatic carbocycles. The predicted octanol–water partition coefficient (Wildman–Crippen LogP) is 4.01. The SMILES string of the molecule is O=C(NC(Cc1ccccc1)c1ccccc1)c1ccc([N+](=O)[O-])c(O)c1. The van der Waals surface area contributed by atoms with Gasteiger partial charge in [0.25, 0.3) is 5.91 Å². The first kappa shape index (κ1) is 18.1. The van der Waals surface area contributed by atoms with E-state index in [4.69, 9.17) is 0 Å². The van der Waals surface area contributed by atoms with Crippen molar-refractivity contribution < 1.29 is 14.8 Å². The van der Waals surface area contributed by atoms with E-state index in [1.807, 2.05) is 60.7 Å². The minimum absolute atomic E-state index is 0.159. The molecular formula is C21H18N2O4. The van der Waals surface area contributed by atoms with E-state index in [2.05, 4.69) is 5.32 Å². The van der Waals surface area contributed by atoms with Crippen molar-refractivity contribution in [2.24, 2.45) is 0 Å². The molecule has 0 saturated carbocycles. The van der Waals surface area contributed by atoms with Crippen LogP contribution in [0.3, 0.4) is 0 Å². The molecule has 1 atom stereocenters. The molecule has 27 heavy (non-hydrogen) atoms. The fourth-order valence-electron chi connectivity index (χ4n) is 2.85. The molecule has 0 saturated heterocycles. The summed E-state index contributed by atoms with van der Waals surface area (Å²) in [5.41, 5.74) is 1.74. The molecule has 1 unspecified atom stereocenters. The number of nitro benzene ring substituents is 1. The summed E-state index contributed by atoms with van der Waals surface area (Å²) in [6.07, 6.45) is 0.593. The van der Waals surface area contributed by atoms with Crippen LogP contribution in [0.1, 0.15) is 27.5 Å². The molecule has 3 rings (SSSR count). The van der Waals surface area contributed by atoms with Crippen LogP contribution in [0.2, 0.25) is 0 Å². The largest absolute Gasteiger partial charge is 0.502 e. The van der Waals surface area contributed by atoms with Crippen LogP contribution in [0.25, 0.3) is 0 Å². The van der Waals surface area contributed by atoms with Gasteiger partial charge in [0, 0.05) is 11.6 Å². The lowest BCUT2D eigenvalue weighted by molar-refractivity contribution is -0.385. The van der Waals surface area contributed by atoms with Crippen molar-refractivity contribution >= 4 is 11.6 Å². The Hall–Kier alpha value is -3.67. The number of hydrogen-bond donors (Lipinski definition) is 2. The van der Waals surface area contributed by atoms with Crippen LogP contribution in [-0.4, -0.2) is 15.9 Å². The van der Waals surface area contributed by atoms with E-state index in [0.717, 1.165) is 23.3 Å². The van der Waals surface area contributed by atoms with Crippen molar-refractivity contribution in [2.75, 3.05) is 0 Å². The summed E-state index contributed by atoms with van der Waals surface area (Å²) in [6.45, 7) is 0. The number of nitrogens with zero attached hydrogens (tertiary/aromatic N) is 1. The lowest BCUT2D eigenvalue weighted by atomic mass is 9.98. The number of carbonyl (C=O) groups excluding carboxylic acids is 1. The van der Waals surface area contributed by atoms with Gasteiger partial charge < -0.3 is 10.4 Å². The van der Waals surface area contributed by atoms with E-state index in [1.54, 1.807) is 0 Å². The van der Waals surface area contributed by atoms with Gasteiger partial charge in [-0.3, -0.25) is 14.9 Å². The summed E-state index contributed by atoms with van der Waals surface area (Å²) in [6, 6.07) is 22.6. The van der Waals surface area contributed by atoms with Crippen LogP contribution in [0.15, 0.2) is 78.9 Å². The monoisotopic (exact) mass is 362 g/mol. The Bertz CT molecular complexity index is 943. The van der Waals surface area contributed by atoms with Crippen LogP contribution in [0.5, 0.6) is 5.75 Å². The first-order chi connectivity index (χ1) is 13.0. The first-order valence-electron chi connectivity index (χ1n) is 8.42. The summed E-state index contributed by atoms with van der Waals surface area (Å²) in [7, 11) is 0. The molecule has 0 aliphatic rings. The highest BCUT2D eigenvalue weighted by molar-refractivity contribution is 5.95. The fraction of sp³-hybridized carbons (Fsp3) is 0.0952. The number of aromatic hydroxyl groups is 1. The molecule has 1 amide bonds. The maximum Gasteiger partial charge on any atom is 0.310 e. The summed E-state index contributed by atoms with van der Waals surface area (Å²) in [5.74, 6) is -0.947. The zero-order valence-electron chi connectivity index (χ0n) is 14.4. The number of amides is 1. The lowest BCUT2D eigenvalue weighted by Gasteiger charge is -2.19. The molecule has 0 heterocycles. The van der Waals surface area contributed by atoms with Gasteiger partial charge in [0.05, 0.1) is 11.0 Å². The predicted molar refractivity (Wildman–Crippen MR) is 102 cm³/mol. The van der Waals surface area contributed by atoms with Gasteiger partial charge in [0.2, 0.25) is 0 Å². The molecule has 0 bridgehead atoms. The second-order valence-electron chi connectivity index (χ2n) is 6.09. The molecule has 0 aromatic heterocycles. The van der Waals surface area contributed by atoms with Gasteiger partial charge in [-0.15, -0.1) is 0 Å². The standard InChI is InChI=1S/C21H18N2O4/c24-20-14-17(11-12-19(20)23(26)27)21(25)22-18(16-9-5-2-6-10-16)13-15-7-3-1-4-8-15/h1-12,14,18,24H,13H2,(H,22,25). The molecule has 0 radical (unpaired) electrons. The number of hydrogen-bond acceptors (Lipinski definition) is 4. The number of phenolic OH excluding ortho intramolecular Hbond substituents is 1. The minimum Gasteiger partial charge on any atom is -0.502 e. The van der Waals surface area contributed by atoms with Gasteiger partial charge in [0.1, 0.15) is 0 Å². The van der Waals surface area contributed by atoms with E-state index in [0.29, 0.717) is 6.42 Å². The Morgan fingerprint density at radius 2 is 1.63 bits per heavy atom. The van der Waals surface area contributed by atoms with Crippen molar-refractivity contribution in [3.05, 3.63) is 106 Å². The molecule has 3 aromatic rings. The molecule has 136 valence electrons. The average Bonchev–Trinajstić information content (AvgIpc) is 2.68. The van der Waals surface area contributed by atoms with Gasteiger partial charge in [-0.2, -0.15) is 0 Å². The fourth-order valence-corrected chi connectivity index (χ4v) is 2.85. The van der Waals surface area contributed by atoms with E-state index in [9.17, 15) is 20.0 Å². The van der Waals surface area contributed by atoms with E-state index >= 15 is 0 Å². The molecule has 0 fully saturated rings. The Morgan fingerprint density at radius 1 is 1.00 bits per heavy atom. The minimum atomic E-state index is -0.695. The normalized spacial score (nSPS) is 11.6. The van der Waals surface area contributed by atoms with Gasteiger partial charge in [-0.05, 0) is 29.7 Å². The summed E-state index contributed by atoms with van der Waals surface area (Å²) in [5, 5.41) is 23.5. The van der Waals surface area contributed by atoms with Crippen molar-refractivity contribution in [1.29, 1.82) is 0 Å². The van der Waals surface area contributed by atoms with Crippen molar-refractivity contribution in [3.63, 3.8) is 0 Å². The maximum absolute atomic E-state index is 12.7. The Kier molecular flexibility index (Phi) is 5.47. The third kappa shape index (κ3) is 4.49. The van der Waals surface area contributed by atoms with E-state index < -0.39 is 22.3 Å². The molecule has 0 aliphatic carbocycles. The number of rotatable bonds is 6. The van der Waals surface area contributed by atoms with Crippen molar-refractivity contribution in [2.45, 2.75) is 12.5 Å². The summed E-state index contributed by atoms with van der Waals surface area (Å²) >= 11 is 0. The molecule has 0 aliphatic heterocycles. The molecule has 6 heteroatoms. The van der Waals surface area contributed by atoms with Crippen molar-refractivity contribution in [1.82, 2.24) is 5.32 Å². The lowest BCUT2D eigenvalue weighted by Crippen LogP contribution is -2.30. The second kappa shape index (κ2) is 8.14. The number of phenols is 1. The van der Waals surface area contributed by atoms with Gasteiger partial charge in [0.15, 0.2) is 5.75 Å². The van der Waals surface area contributed by atoms with Crippen LogP contribution in [0, 0.1) is 10.1 Å². The molecule has 0 spiro atoms. The van der Waals surface area contributed by atoms with Crippen LogP contribution < -0.4 is 5.32 Å². The molecule has 2 N–H and O–H groups in total.